The standard InChI is InChI=1S/3C24H18O3.3C12H10O3.2Be.2Ca.2Mg/c3*25-21-13-11-19(17-7-3-1-4-8-17)15-23(21)27-24-16-20(12-14-22(24)26)18-9-5-2-6-10-18;3*13-9-5-1-3-7-11(9)15-12-8-4-2-6-10(12)14;;;;;;/h3*1-16,25-26H;3*1-8,13-14H;;;;;;/q;;;;;;6*+2/p-12. The van der Waals surface area contributed by atoms with E-state index in [0.29, 0.717) is 0 Å². The molecule has 18 rings (SSSR count). The molecule has 132 heavy (non-hydrogen) atoms. The number of ether oxygens (including phenoxy) is 6. The smallest absolute Gasteiger partial charge is 0.870 e. The van der Waals surface area contributed by atoms with Gasteiger partial charge in [-0.1, -0.05) is 433 Å². The monoisotopic (exact) mass is 1800 g/mol. The van der Waals surface area contributed by atoms with Crippen LogP contribution in [-0.4, -0.2) is 142 Å². The predicted octanol–water partition coefficient (Wildman–Crippen LogP) is 17.5. The number of benzene rings is 18. The van der Waals surface area contributed by atoms with Crippen LogP contribution < -0.4 is 89.7 Å². The Morgan fingerprint density at radius 2 is 0.220 bits per heavy atom. The Bertz CT molecular complexity index is 5590. The normalized spacial score (nSPS) is 9.82. The zero-order chi connectivity index (χ0) is 87.9. The Labute approximate surface area is 863 Å². The van der Waals surface area contributed by atoms with E-state index in [1.165, 1.54) is 109 Å². The molecule has 0 spiro atoms. The second-order valence-corrected chi connectivity index (χ2v) is 27.5. The summed E-state index contributed by atoms with van der Waals surface area (Å²) in [5.74, 6) is -1.17. The first-order valence-corrected chi connectivity index (χ1v) is 39.3. The summed E-state index contributed by atoms with van der Waals surface area (Å²) in [5, 5.41) is 141. The first-order chi connectivity index (χ1) is 61.4. The molecule has 0 aromatic heterocycles. The fraction of sp³-hybridized carbons (Fsp3) is 0. The maximum atomic E-state index is 12.2. The summed E-state index contributed by atoms with van der Waals surface area (Å²) in [7, 11) is 0. The molecule has 0 bridgehead atoms. The van der Waals surface area contributed by atoms with Crippen molar-refractivity contribution in [2.75, 3.05) is 0 Å². The molecule has 0 heterocycles. The third-order valence-electron chi connectivity index (χ3n) is 18.7. The van der Waals surface area contributed by atoms with Crippen LogP contribution in [0.1, 0.15) is 0 Å². The molecule has 0 fully saturated rings. The number of hydrogen-bond donors (Lipinski definition) is 0. The molecule has 0 aliphatic heterocycles. The third-order valence-corrected chi connectivity index (χ3v) is 18.7. The van der Waals surface area contributed by atoms with Crippen LogP contribution in [0.3, 0.4) is 0 Å². The van der Waals surface area contributed by atoms with Crippen LogP contribution in [0, 0.1) is 0 Å². The molecule has 0 saturated carbocycles. The van der Waals surface area contributed by atoms with Crippen molar-refractivity contribution in [1.82, 2.24) is 0 Å². The first kappa shape index (κ1) is 106. The number of hydrogen-bond acceptors (Lipinski definition) is 18. The van der Waals surface area contributed by atoms with Crippen LogP contribution in [0.15, 0.2) is 437 Å². The van der Waals surface area contributed by atoms with Gasteiger partial charge in [0.05, 0.1) is 0 Å². The van der Waals surface area contributed by atoms with E-state index in [9.17, 15) is 61.3 Å². The van der Waals surface area contributed by atoms with Gasteiger partial charge in [-0.15, -0.1) is 0 Å². The summed E-state index contributed by atoms with van der Waals surface area (Å²) in [6, 6.07) is 125. The minimum absolute atomic E-state index is 0. The first-order valence-electron chi connectivity index (χ1n) is 39.3. The van der Waals surface area contributed by atoms with E-state index in [2.05, 4.69) is 0 Å². The summed E-state index contributed by atoms with van der Waals surface area (Å²) < 4.78 is 32.9. The number of para-hydroxylation sites is 12. The third kappa shape index (κ3) is 30.4. The Morgan fingerprint density at radius 3 is 0.348 bits per heavy atom. The SMILES string of the molecule is [Be+2].[Be+2].[Ca+2].[Ca+2].[Mg+2].[Mg+2].[O-]c1ccc(-c2ccccc2)cc1Oc1cc(-c2ccccc2)ccc1[O-].[O-]c1ccc(-c2ccccc2)cc1Oc1cc(-c2ccccc2)ccc1[O-].[O-]c1ccc(-c2ccccc2)cc1Oc1cc(-c2ccccc2)ccc1[O-].[O-]c1ccccc1Oc1ccccc1[O-].[O-]c1ccccc1Oc1ccccc1[O-].[O-]c1ccccc1Oc1ccccc1[O-]. The molecule has 18 aromatic carbocycles. The fourth-order valence-corrected chi connectivity index (χ4v) is 12.3. The summed E-state index contributed by atoms with van der Waals surface area (Å²) in [5.41, 5.74) is 11.0. The van der Waals surface area contributed by atoms with Gasteiger partial charge in [0.2, 0.25) is 0 Å². The summed E-state index contributed by atoms with van der Waals surface area (Å²) in [6.45, 7) is 0. The predicted molar refractivity (Wildman–Crippen MR) is 498 cm³/mol. The molecule has 624 valence electrons. The second kappa shape index (κ2) is 53.8. The van der Waals surface area contributed by atoms with Crippen molar-refractivity contribution in [2.24, 2.45) is 0 Å². The largest absolute Gasteiger partial charge is 2.00 e. The molecule has 18 aromatic rings. The minimum atomic E-state index is -0.265. The van der Waals surface area contributed by atoms with Gasteiger partial charge in [-0.05, 0) is 140 Å². The molecule has 0 amide bonds. The van der Waals surface area contributed by atoms with E-state index in [1.54, 1.807) is 146 Å². The van der Waals surface area contributed by atoms with Gasteiger partial charge < -0.3 is 89.7 Å². The Morgan fingerprint density at radius 1 is 0.114 bits per heavy atom. The average Bonchev–Trinajstić information content (AvgIpc) is 0.817. The van der Waals surface area contributed by atoms with Gasteiger partial charge in [-0.2, -0.15) is 0 Å². The van der Waals surface area contributed by atoms with Gasteiger partial charge in [-0.25, -0.2) is 0 Å². The van der Waals surface area contributed by atoms with Gasteiger partial charge in [-0.3, -0.25) is 0 Å². The Hall–Kier alpha value is -13.3. The molecule has 0 saturated heterocycles. The van der Waals surface area contributed by atoms with Gasteiger partial charge >= 0.3 is 142 Å². The van der Waals surface area contributed by atoms with E-state index >= 15 is 0 Å². The zero-order valence-corrected chi connectivity index (χ0v) is 78.4. The minimum Gasteiger partial charge on any atom is -0.870 e. The van der Waals surface area contributed by atoms with E-state index in [1.807, 2.05) is 182 Å². The van der Waals surface area contributed by atoms with Crippen molar-refractivity contribution >= 4 is 142 Å². The maximum Gasteiger partial charge on any atom is 2.00 e. The van der Waals surface area contributed by atoms with Crippen LogP contribution in [-0.2, 0) is 0 Å². The quantitative estimate of drug-likeness (QED) is 0.0720. The summed E-state index contributed by atoms with van der Waals surface area (Å²) >= 11 is 0. The van der Waals surface area contributed by atoms with Crippen molar-refractivity contribution in [3.05, 3.63) is 437 Å². The fourth-order valence-electron chi connectivity index (χ4n) is 12.3. The van der Waals surface area contributed by atoms with Crippen LogP contribution >= 0.6 is 0 Å². The van der Waals surface area contributed by atoms with Gasteiger partial charge in [0.25, 0.3) is 0 Å². The molecule has 0 N–H and O–H groups in total. The van der Waals surface area contributed by atoms with Gasteiger partial charge in [0, 0.05) is 0 Å². The topological polar surface area (TPSA) is 332 Å². The molecule has 24 heteroatoms. The van der Waals surface area contributed by atoms with Crippen molar-refractivity contribution in [2.45, 2.75) is 0 Å². The molecule has 0 radical (unpaired) electrons. The van der Waals surface area contributed by atoms with Crippen molar-refractivity contribution in [1.29, 1.82) is 0 Å². The van der Waals surface area contributed by atoms with Crippen molar-refractivity contribution in [3.8, 4) is 205 Å². The summed E-state index contributed by atoms with van der Waals surface area (Å²) in [4.78, 5) is 0. The molecule has 0 atom stereocenters. The number of rotatable bonds is 18. The van der Waals surface area contributed by atoms with Gasteiger partial charge in [0.15, 0.2) is 0 Å². The zero-order valence-electron chi connectivity index (χ0n) is 71.2. The average molecular weight is 1800 g/mol. The van der Waals surface area contributed by atoms with Gasteiger partial charge in [0.1, 0.15) is 69.0 Å². The van der Waals surface area contributed by atoms with E-state index < -0.39 is 0 Å². The van der Waals surface area contributed by atoms with Crippen LogP contribution in [0.2, 0.25) is 0 Å². The van der Waals surface area contributed by atoms with Crippen LogP contribution in [0.5, 0.6) is 138 Å². The van der Waals surface area contributed by atoms with E-state index in [0.717, 1.165) is 66.8 Å². The summed E-state index contributed by atoms with van der Waals surface area (Å²) in [6.07, 6.45) is 0. The molecule has 0 unspecified atom stereocenters. The van der Waals surface area contributed by atoms with Crippen molar-refractivity contribution in [3.63, 3.8) is 0 Å². The van der Waals surface area contributed by atoms with Crippen LogP contribution in [0.25, 0.3) is 66.8 Å². The van der Waals surface area contributed by atoms with Crippen LogP contribution in [0.4, 0.5) is 0 Å². The van der Waals surface area contributed by atoms with E-state index in [4.69, 9.17) is 28.4 Å². The molecule has 18 nitrogen and oxygen atoms in total. The second-order valence-electron chi connectivity index (χ2n) is 27.5. The molecule has 0 aliphatic carbocycles. The molecule has 0 aliphatic rings. The maximum absolute atomic E-state index is 12.2. The van der Waals surface area contributed by atoms with E-state index in [-0.39, 0.29) is 280 Å². The Balaban J connectivity index is 0.000000219. The molecular weight excluding hydrogens is 1730 g/mol. The Kier molecular flexibility index (Phi) is 43.1. The van der Waals surface area contributed by atoms with Crippen molar-refractivity contribution < 1.29 is 89.7 Å². The molecular formula is C108H72Be2Ca2Mg2O18.